The van der Waals surface area contributed by atoms with Crippen molar-refractivity contribution >= 4 is 0 Å². The summed E-state index contributed by atoms with van der Waals surface area (Å²) in [6, 6.07) is 0. The van der Waals surface area contributed by atoms with E-state index in [4.69, 9.17) is 10.5 Å². The summed E-state index contributed by atoms with van der Waals surface area (Å²) in [6.45, 7) is 2.78. The lowest BCUT2D eigenvalue weighted by molar-refractivity contribution is 0.126. The van der Waals surface area contributed by atoms with Gasteiger partial charge in [0.15, 0.2) is 0 Å². The quantitative estimate of drug-likeness (QED) is 0.701. The first-order chi connectivity index (χ1) is 5.64. The molecule has 12 heavy (non-hydrogen) atoms. The fraction of sp³-hybridized carbons (Fsp3) is 1.00. The van der Waals surface area contributed by atoms with Crippen LogP contribution in [0.4, 0.5) is 0 Å². The van der Waals surface area contributed by atoms with Crippen LogP contribution in [0.15, 0.2) is 0 Å². The number of ether oxygens (including phenoxy) is 1. The monoisotopic (exact) mass is 171 g/mol. The third kappa shape index (κ3) is 3.11. The van der Waals surface area contributed by atoms with E-state index < -0.39 is 0 Å². The van der Waals surface area contributed by atoms with Gasteiger partial charge in [0, 0.05) is 12.6 Å². The molecular formula is C10H21NO. The van der Waals surface area contributed by atoms with Gasteiger partial charge in [0.1, 0.15) is 0 Å². The van der Waals surface area contributed by atoms with E-state index in [1.165, 1.54) is 25.7 Å². The van der Waals surface area contributed by atoms with Crippen LogP contribution in [0.2, 0.25) is 0 Å². The van der Waals surface area contributed by atoms with Crippen LogP contribution in [0.25, 0.3) is 0 Å². The van der Waals surface area contributed by atoms with Crippen LogP contribution >= 0.6 is 0 Å². The highest BCUT2D eigenvalue weighted by molar-refractivity contribution is 4.83. The SMILES string of the molecule is COCC(C)(N)CC1CCCC1. The van der Waals surface area contributed by atoms with Crippen LogP contribution in [0, 0.1) is 5.92 Å². The molecule has 72 valence electrons. The maximum Gasteiger partial charge on any atom is 0.0639 e. The number of hydrogen-bond acceptors (Lipinski definition) is 2. The van der Waals surface area contributed by atoms with Gasteiger partial charge in [-0.05, 0) is 19.3 Å². The van der Waals surface area contributed by atoms with Gasteiger partial charge in [-0.1, -0.05) is 25.7 Å². The van der Waals surface area contributed by atoms with Crippen LogP contribution in [-0.4, -0.2) is 19.3 Å². The predicted octanol–water partition coefficient (Wildman–Crippen LogP) is 1.93. The fourth-order valence-electron chi connectivity index (χ4n) is 2.26. The molecule has 2 N–H and O–H groups in total. The zero-order valence-corrected chi connectivity index (χ0v) is 8.31. The highest BCUT2D eigenvalue weighted by Crippen LogP contribution is 2.30. The van der Waals surface area contributed by atoms with Crippen LogP contribution in [0.1, 0.15) is 39.0 Å². The number of hydrogen-bond donors (Lipinski definition) is 1. The van der Waals surface area contributed by atoms with E-state index in [-0.39, 0.29) is 5.54 Å². The van der Waals surface area contributed by atoms with Crippen LogP contribution in [0.5, 0.6) is 0 Å². The van der Waals surface area contributed by atoms with Crippen LogP contribution in [-0.2, 0) is 4.74 Å². The second kappa shape index (κ2) is 4.24. The molecule has 0 bridgehead atoms. The molecule has 0 spiro atoms. The van der Waals surface area contributed by atoms with Gasteiger partial charge in [0.25, 0.3) is 0 Å². The normalized spacial score (nSPS) is 24.2. The molecule has 2 heteroatoms. The highest BCUT2D eigenvalue weighted by atomic mass is 16.5. The summed E-state index contributed by atoms with van der Waals surface area (Å²) >= 11 is 0. The topological polar surface area (TPSA) is 35.2 Å². The fourth-order valence-corrected chi connectivity index (χ4v) is 2.26. The van der Waals surface area contributed by atoms with Crippen LogP contribution in [0.3, 0.4) is 0 Å². The average Bonchev–Trinajstić information content (AvgIpc) is 2.38. The smallest absolute Gasteiger partial charge is 0.0639 e. The van der Waals surface area contributed by atoms with E-state index in [2.05, 4.69) is 6.92 Å². The van der Waals surface area contributed by atoms with Gasteiger partial charge in [-0.15, -0.1) is 0 Å². The Morgan fingerprint density at radius 1 is 1.42 bits per heavy atom. The van der Waals surface area contributed by atoms with E-state index in [0.717, 1.165) is 12.3 Å². The molecule has 0 aromatic carbocycles. The largest absolute Gasteiger partial charge is 0.383 e. The maximum atomic E-state index is 6.08. The first-order valence-electron chi connectivity index (χ1n) is 4.92. The Labute approximate surface area is 75.5 Å². The summed E-state index contributed by atoms with van der Waals surface area (Å²) in [5, 5.41) is 0. The van der Waals surface area contributed by atoms with Crippen molar-refractivity contribution in [3.8, 4) is 0 Å². The Balaban J connectivity index is 2.27. The lowest BCUT2D eigenvalue weighted by atomic mass is 9.89. The molecular weight excluding hydrogens is 150 g/mol. The molecule has 0 aliphatic heterocycles. The molecule has 0 radical (unpaired) electrons. The van der Waals surface area contributed by atoms with Crippen molar-refractivity contribution < 1.29 is 4.74 Å². The minimum Gasteiger partial charge on any atom is -0.383 e. The summed E-state index contributed by atoms with van der Waals surface area (Å²) in [7, 11) is 1.72. The second-order valence-electron chi connectivity index (χ2n) is 4.44. The van der Waals surface area contributed by atoms with Gasteiger partial charge < -0.3 is 10.5 Å². The minimum atomic E-state index is -0.107. The Morgan fingerprint density at radius 2 is 2.00 bits per heavy atom. The lowest BCUT2D eigenvalue weighted by Crippen LogP contribution is -2.42. The van der Waals surface area contributed by atoms with E-state index in [1.54, 1.807) is 7.11 Å². The molecule has 1 rings (SSSR count). The van der Waals surface area contributed by atoms with Crippen LogP contribution < -0.4 is 5.73 Å². The summed E-state index contributed by atoms with van der Waals surface area (Å²) in [6.07, 6.45) is 6.66. The van der Waals surface area contributed by atoms with Crippen molar-refractivity contribution in [3.05, 3.63) is 0 Å². The van der Waals surface area contributed by atoms with E-state index in [9.17, 15) is 0 Å². The van der Waals surface area contributed by atoms with Crippen molar-refractivity contribution in [2.24, 2.45) is 11.7 Å². The van der Waals surface area contributed by atoms with Gasteiger partial charge in [-0.25, -0.2) is 0 Å². The molecule has 1 aliphatic carbocycles. The van der Waals surface area contributed by atoms with Crippen molar-refractivity contribution in [2.75, 3.05) is 13.7 Å². The van der Waals surface area contributed by atoms with Gasteiger partial charge in [0.05, 0.1) is 6.61 Å². The molecule has 0 saturated heterocycles. The Bertz CT molecular complexity index is 128. The molecule has 1 atom stereocenters. The molecule has 0 aromatic rings. The van der Waals surface area contributed by atoms with E-state index in [1.807, 2.05) is 0 Å². The molecule has 1 aliphatic rings. The van der Waals surface area contributed by atoms with Gasteiger partial charge in [-0.3, -0.25) is 0 Å². The van der Waals surface area contributed by atoms with Crippen molar-refractivity contribution in [3.63, 3.8) is 0 Å². The van der Waals surface area contributed by atoms with Gasteiger partial charge >= 0.3 is 0 Å². The zero-order chi connectivity index (χ0) is 9.03. The third-order valence-corrected chi connectivity index (χ3v) is 2.70. The summed E-state index contributed by atoms with van der Waals surface area (Å²) in [5.41, 5.74) is 5.97. The molecule has 1 fully saturated rings. The van der Waals surface area contributed by atoms with Crippen molar-refractivity contribution in [1.29, 1.82) is 0 Å². The first kappa shape index (κ1) is 10.0. The summed E-state index contributed by atoms with van der Waals surface area (Å²) in [4.78, 5) is 0. The van der Waals surface area contributed by atoms with Gasteiger partial charge in [0.2, 0.25) is 0 Å². The van der Waals surface area contributed by atoms with E-state index >= 15 is 0 Å². The Morgan fingerprint density at radius 3 is 2.50 bits per heavy atom. The minimum absolute atomic E-state index is 0.107. The predicted molar refractivity (Wildman–Crippen MR) is 51.0 cm³/mol. The van der Waals surface area contributed by atoms with Crippen molar-refractivity contribution in [1.82, 2.24) is 0 Å². The highest BCUT2D eigenvalue weighted by Gasteiger charge is 2.25. The molecule has 0 aromatic heterocycles. The Kier molecular flexibility index (Phi) is 3.53. The average molecular weight is 171 g/mol. The number of nitrogens with two attached hydrogens (primary N) is 1. The zero-order valence-electron chi connectivity index (χ0n) is 8.31. The summed E-state index contributed by atoms with van der Waals surface area (Å²) in [5.74, 6) is 0.857. The molecule has 2 nitrogen and oxygen atoms in total. The molecule has 1 unspecified atom stereocenters. The Hall–Kier alpha value is -0.0800. The lowest BCUT2D eigenvalue weighted by Gasteiger charge is -2.26. The first-order valence-corrected chi connectivity index (χ1v) is 4.92. The van der Waals surface area contributed by atoms with Gasteiger partial charge in [-0.2, -0.15) is 0 Å². The molecule has 0 amide bonds. The standard InChI is InChI=1S/C10H21NO/c1-10(11,8-12-2)7-9-5-3-4-6-9/h9H,3-8,11H2,1-2H3. The maximum absolute atomic E-state index is 6.08. The number of methoxy groups -OCH3 is 1. The number of rotatable bonds is 4. The molecule has 0 heterocycles. The van der Waals surface area contributed by atoms with E-state index in [0.29, 0.717) is 6.61 Å². The molecule has 1 saturated carbocycles. The second-order valence-corrected chi connectivity index (χ2v) is 4.44. The van der Waals surface area contributed by atoms with Crippen molar-refractivity contribution in [2.45, 2.75) is 44.6 Å². The third-order valence-electron chi connectivity index (χ3n) is 2.70. The summed E-state index contributed by atoms with van der Waals surface area (Å²) < 4.78 is 5.09.